The summed E-state index contributed by atoms with van der Waals surface area (Å²) < 4.78 is 0. The SMILES string of the molecule is N#Cc1cnc(NCc2ccccc2Cl)nc1NCC12CC3C[C@H](C1)C(/C=C(/CCC[C@H](O)CO)CC[C@H](O)CO)[C@@H](C3)C2. The van der Waals surface area contributed by atoms with Crippen LogP contribution in [-0.4, -0.2) is 62.4 Å². The van der Waals surface area contributed by atoms with E-state index in [4.69, 9.17) is 11.6 Å². The lowest BCUT2D eigenvalue weighted by molar-refractivity contribution is -0.0731. The van der Waals surface area contributed by atoms with Crippen molar-refractivity contribution in [2.24, 2.45) is 29.1 Å². The van der Waals surface area contributed by atoms with Crippen molar-refractivity contribution < 1.29 is 20.4 Å². The molecule has 4 bridgehead atoms. The van der Waals surface area contributed by atoms with Gasteiger partial charge in [0.1, 0.15) is 17.5 Å². The predicted molar refractivity (Wildman–Crippen MR) is 171 cm³/mol. The zero-order valence-corrected chi connectivity index (χ0v) is 26.1. The second kappa shape index (κ2) is 15.0. The van der Waals surface area contributed by atoms with E-state index in [0.29, 0.717) is 65.4 Å². The number of aromatic nitrogens is 2. The van der Waals surface area contributed by atoms with Gasteiger partial charge in [-0.2, -0.15) is 10.2 Å². The third kappa shape index (κ3) is 8.09. The van der Waals surface area contributed by atoms with E-state index < -0.39 is 12.2 Å². The van der Waals surface area contributed by atoms with Gasteiger partial charge in [0.05, 0.1) is 31.6 Å². The molecule has 6 rings (SSSR count). The topological polar surface area (TPSA) is 155 Å². The number of hydrogen-bond donors (Lipinski definition) is 6. The number of nitrogens with zero attached hydrogens (tertiary/aromatic N) is 3. The summed E-state index contributed by atoms with van der Waals surface area (Å²) in [4.78, 5) is 9.01. The summed E-state index contributed by atoms with van der Waals surface area (Å²) in [6, 6.07) is 9.88. The largest absolute Gasteiger partial charge is 0.394 e. The van der Waals surface area contributed by atoms with Gasteiger partial charge in [-0.25, -0.2) is 4.98 Å². The van der Waals surface area contributed by atoms with Crippen LogP contribution < -0.4 is 10.6 Å². The minimum absolute atomic E-state index is 0.169. The Hall–Kier alpha value is -2.74. The molecule has 4 aliphatic carbocycles. The van der Waals surface area contributed by atoms with Gasteiger partial charge in [0.2, 0.25) is 5.95 Å². The number of benzene rings is 1. The number of nitriles is 1. The molecule has 1 aromatic heterocycles. The first kappa shape index (κ1) is 32.6. The molecule has 0 saturated heterocycles. The van der Waals surface area contributed by atoms with E-state index in [2.05, 4.69) is 32.7 Å². The third-order valence-electron chi connectivity index (χ3n) is 10.1. The highest BCUT2D eigenvalue weighted by atomic mass is 35.5. The van der Waals surface area contributed by atoms with Crippen molar-refractivity contribution in [1.82, 2.24) is 9.97 Å². The Morgan fingerprint density at radius 3 is 2.48 bits per heavy atom. The van der Waals surface area contributed by atoms with Gasteiger partial charge >= 0.3 is 0 Å². The van der Waals surface area contributed by atoms with Crippen LogP contribution in [-0.2, 0) is 6.54 Å². The normalized spacial score (nSPS) is 27.1. The summed E-state index contributed by atoms with van der Waals surface area (Å²) >= 11 is 6.30. The molecular formula is C34H46ClN5O4. The van der Waals surface area contributed by atoms with Crippen molar-refractivity contribution in [1.29, 1.82) is 5.26 Å². The summed E-state index contributed by atoms with van der Waals surface area (Å²) in [5, 5.41) is 55.6. The Balaban J connectivity index is 1.25. The van der Waals surface area contributed by atoms with E-state index in [1.807, 2.05) is 24.3 Å². The van der Waals surface area contributed by atoms with Crippen LogP contribution in [0.25, 0.3) is 0 Å². The molecule has 4 saturated carbocycles. The average Bonchev–Trinajstić information content (AvgIpc) is 3.03. The smallest absolute Gasteiger partial charge is 0.224 e. The second-order valence-electron chi connectivity index (χ2n) is 13.3. The van der Waals surface area contributed by atoms with Gasteiger partial charge in [-0.05, 0) is 105 Å². The number of halogens is 1. The molecule has 1 aromatic carbocycles. The van der Waals surface area contributed by atoms with Crippen LogP contribution in [0.1, 0.15) is 75.3 Å². The van der Waals surface area contributed by atoms with Crippen molar-refractivity contribution in [3.8, 4) is 6.07 Å². The molecule has 1 heterocycles. The van der Waals surface area contributed by atoms with E-state index in [0.717, 1.165) is 44.2 Å². The zero-order valence-electron chi connectivity index (χ0n) is 25.3. The highest BCUT2D eigenvalue weighted by molar-refractivity contribution is 6.31. The number of rotatable bonds is 16. The summed E-state index contributed by atoms with van der Waals surface area (Å²) in [5.74, 6) is 3.42. The van der Waals surface area contributed by atoms with Crippen LogP contribution >= 0.6 is 11.6 Å². The maximum atomic E-state index is 10.0. The van der Waals surface area contributed by atoms with Crippen LogP contribution in [0, 0.1) is 40.4 Å². The van der Waals surface area contributed by atoms with Crippen molar-refractivity contribution in [2.75, 3.05) is 30.4 Å². The van der Waals surface area contributed by atoms with Gasteiger partial charge in [-0.3, -0.25) is 0 Å². The number of anilines is 2. The fourth-order valence-electron chi connectivity index (χ4n) is 8.15. The molecule has 0 radical (unpaired) electrons. The minimum atomic E-state index is -0.721. The van der Waals surface area contributed by atoms with Crippen molar-refractivity contribution in [3.05, 3.63) is 58.3 Å². The maximum Gasteiger partial charge on any atom is 0.224 e. The number of aliphatic hydroxyl groups excluding tert-OH is 4. The molecule has 2 aromatic rings. The highest BCUT2D eigenvalue weighted by Gasteiger charge is 2.54. The van der Waals surface area contributed by atoms with E-state index in [9.17, 15) is 25.7 Å². The molecule has 4 fully saturated rings. The van der Waals surface area contributed by atoms with Gasteiger partial charge in [-0.15, -0.1) is 0 Å². The molecule has 0 amide bonds. The number of aliphatic hydroxyl groups is 4. The molecule has 3 unspecified atom stereocenters. The molecule has 7 atom stereocenters. The monoisotopic (exact) mass is 623 g/mol. The van der Waals surface area contributed by atoms with Crippen molar-refractivity contribution >= 4 is 23.4 Å². The predicted octanol–water partition coefficient (Wildman–Crippen LogP) is 5.05. The number of allylic oxidation sites excluding steroid dienone is 2. The van der Waals surface area contributed by atoms with Crippen LogP contribution in [0.15, 0.2) is 42.1 Å². The lowest BCUT2D eigenvalue weighted by Crippen LogP contribution is -2.53. The van der Waals surface area contributed by atoms with Gasteiger partial charge in [0, 0.05) is 18.1 Å². The molecule has 0 aliphatic heterocycles. The van der Waals surface area contributed by atoms with Crippen molar-refractivity contribution in [2.45, 2.75) is 83.0 Å². The first-order valence-corrected chi connectivity index (χ1v) is 16.4. The summed E-state index contributed by atoms with van der Waals surface area (Å²) in [5.41, 5.74) is 2.84. The number of hydrogen-bond acceptors (Lipinski definition) is 9. The minimum Gasteiger partial charge on any atom is -0.394 e. The second-order valence-corrected chi connectivity index (χ2v) is 13.7. The molecule has 4 aliphatic rings. The van der Waals surface area contributed by atoms with E-state index in [1.54, 1.807) is 6.20 Å². The van der Waals surface area contributed by atoms with E-state index >= 15 is 0 Å². The van der Waals surface area contributed by atoms with Gasteiger partial charge in [0.15, 0.2) is 0 Å². The Morgan fingerprint density at radius 2 is 1.77 bits per heavy atom. The number of nitrogens with one attached hydrogen (secondary N) is 2. The van der Waals surface area contributed by atoms with Crippen LogP contribution in [0.2, 0.25) is 5.02 Å². The van der Waals surface area contributed by atoms with Crippen LogP contribution in [0.5, 0.6) is 0 Å². The quantitative estimate of drug-likeness (QED) is 0.141. The Labute approximate surface area is 265 Å². The summed E-state index contributed by atoms with van der Waals surface area (Å²) in [6.07, 6.45) is 12.0. The standard InChI is InChI=1S/C34H46ClN5O4/c35-31-7-2-1-5-24(31)17-37-33-38-18-27(16-36)32(40-33)39-21-34-13-23-10-25(14-34)30(26(11-23)15-34)12-22(8-9-29(44)20-42)4-3-6-28(43)19-41/h1-2,5,7,12,18,23,25-26,28-30,41-44H,3-4,6,8-11,13-15,17,19-21H2,(H2,37,38,39,40)/b22-12-/t23?,25-,26+,28-,29-,30?,34?/m0/s1. The molecular weight excluding hydrogens is 578 g/mol. The van der Waals surface area contributed by atoms with Crippen LogP contribution in [0.4, 0.5) is 11.8 Å². The van der Waals surface area contributed by atoms with E-state index in [-0.39, 0.29) is 18.6 Å². The molecule has 6 N–H and O–H groups in total. The lowest BCUT2D eigenvalue weighted by Gasteiger charge is -2.60. The van der Waals surface area contributed by atoms with Crippen molar-refractivity contribution in [3.63, 3.8) is 0 Å². The first-order chi connectivity index (χ1) is 21.3. The van der Waals surface area contributed by atoms with Gasteiger partial charge in [-0.1, -0.05) is 41.4 Å². The summed E-state index contributed by atoms with van der Waals surface area (Å²) in [7, 11) is 0. The Bertz CT molecular complexity index is 1320. The summed E-state index contributed by atoms with van der Waals surface area (Å²) in [6.45, 7) is 0.800. The zero-order chi connectivity index (χ0) is 31.1. The lowest BCUT2D eigenvalue weighted by atomic mass is 9.46. The fraction of sp³-hybridized carbons (Fsp3) is 0.618. The van der Waals surface area contributed by atoms with Gasteiger partial charge < -0.3 is 31.1 Å². The Kier molecular flexibility index (Phi) is 11.2. The third-order valence-corrected chi connectivity index (χ3v) is 10.5. The maximum absolute atomic E-state index is 10.0. The van der Waals surface area contributed by atoms with Crippen LogP contribution in [0.3, 0.4) is 0 Å². The Morgan fingerprint density at radius 1 is 1.05 bits per heavy atom. The first-order valence-electron chi connectivity index (χ1n) is 16.1. The fourth-order valence-corrected chi connectivity index (χ4v) is 8.36. The highest BCUT2D eigenvalue weighted by Crippen LogP contribution is 2.62. The molecule has 238 valence electrons. The average molecular weight is 624 g/mol. The molecule has 0 spiro atoms. The van der Waals surface area contributed by atoms with Gasteiger partial charge in [0.25, 0.3) is 0 Å². The molecule has 44 heavy (non-hydrogen) atoms. The molecule has 9 nitrogen and oxygen atoms in total. The molecule has 10 heteroatoms. The van der Waals surface area contributed by atoms with E-state index in [1.165, 1.54) is 24.8 Å².